The van der Waals surface area contributed by atoms with E-state index in [0.29, 0.717) is 23.7 Å². The van der Waals surface area contributed by atoms with Crippen molar-refractivity contribution in [1.82, 2.24) is 5.32 Å². The van der Waals surface area contributed by atoms with Gasteiger partial charge in [0.2, 0.25) is 5.91 Å². The third-order valence-electron chi connectivity index (χ3n) is 4.01. The molecule has 0 aliphatic carbocycles. The Morgan fingerprint density at radius 2 is 1.96 bits per heavy atom. The number of benzene rings is 2. The van der Waals surface area contributed by atoms with E-state index in [1.165, 1.54) is 0 Å². The lowest BCUT2D eigenvalue weighted by Gasteiger charge is -2.17. The van der Waals surface area contributed by atoms with Crippen LogP contribution in [0.15, 0.2) is 48.5 Å². The van der Waals surface area contributed by atoms with Crippen molar-refractivity contribution in [1.29, 1.82) is 0 Å². The average Bonchev–Trinajstić information content (AvgIpc) is 2.92. The summed E-state index contributed by atoms with van der Waals surface area (Å²) in [6.07, 6.45) is 0.579. The second kappa shape index (κ2) is 6.93. The van der Waals surface area contributed by atoms with Gasteiger partial charge in [-0.1, -0.05) is 35.9 Å². The van der Waals surface area contributed by atoms with Crippen LogP contribution >= 0.6 is 11.6 Å². The Morgan fingerprint density at radius 1 is 1.21 bits per heavy atom. The average molecular weight is 344 g/mol. The third kappa shape index (κ3) is 3.51. The fourth-order valence-electron chi connectivity index (χ4n) is 2.67. The molecule has 1 aliphatic rings. The molecule has 0 unspecified atom stereocenters. The lowest BCUT2D eigenvalue weighted by molar-refractivity contribution is -0.118. The summed E-state index contributed by atoms with van der Waals surface area (Å²) < 4.78 is 0. The van der Waals surface area contributed by atoms with E-state index < -0.39 is 12.1 Å². The van der Waals surface area contributed by atoms with E-state index in [2.05, 4.69) is 10.6 Å². The van der Waals surface area contributed by atoms with Crippen molar-refractivity contribution >= 4 is 34.9 Å². The van der Waals surface area contributed by atoms with Crippen LogP contribution in [0.5, 0.6) is 0 Å². The number of nitrogens with zero attached hydrogens (tertiary/aromatic N) is 1. The molecule has 0 aromatic heterocycles. The summed E-state index contributed by atoms with van der Waals surface area (Å²) in [7, 11) is 0. The lowest BCUT2D eigenvalue weighted by atomic mass is 10.2. The van der Waals surface area contributed by atoms with Crippen molar-refractivity contribution in [3.8, 4) is 0 Å². The molecule has 24 heavy (non-hydrogen) atoms. The molecule has 1 heterocycles. The van der Waals surface area contributed by atoms with Crippen molar-refractivity contribution in [2.45, 2.75) is 19.4 Å². The number of carbonyl (C=O) groups excluding carboxylic acids is 2. The zero-order chi connectivity index (χ0) is 17.1. The number of hydrogen-bond donors (Lipinski definition) is 2. The molecule has 2 aromatic carbocycles. The smallest absolute Gasteiger partial charge is 0.319 e. The van der Waals surface area contributed by atoms with Gasteiger partial charge in [-0.3, -0.25) is 4.79 Å². The maximum Gasteiger partial charge on any atom is 0.319 e. The molecule has 0 spiro atoms. The number of rotatable bonds is 3. The minimum absolute atomic E-state index is 0.0988. The molecule has 5 nitrogen and oxygen atoms in total. The van der Waals surface area contributed by atoms with Gasteiger partial charge in [-0.05, 0) is 43.2 Å². The number of nitrogens with one attached hydrogen (secondary N) is 2. The van der Waals surface area contributed by atoms with E-state index in [0.717, 1.165) is 11.3 Å². The Labute approximate surface area is 145 Å². The first-order valence-corrected chi connectivity index (χ1v) is 8.12. The summed E-state index contributed by atoms with van der Waals surface area (Å²) in [5.41, 5.74) is 2.37. The number of urea groups is 1. The molecule has 0 radical (unpaired) electrons. The molecule has 3 rings (SSSR count). The molecule has 2 aromatic rings. The van der Waals surface area contributed by atoms with E-state index >= 15 is 0 Å². The predicted octanol–water partition coefficient (Wildman–Crippen LogP) is 3.58. The third-order valence-corrected chi connectivity index (χ3v) is 4.42. The molecular weight excluding hydrogens is 326 g/mol. The summed E-state index contributed by atoms with van der Waals surface area (Å²) in [4.78, 5) is 26.3. The quantitative estimate of drug-likeness (QED) is 0.894. The minimum Gasteiger partial charge on any atom is -0.326 e. The summed E-state index contributed by atoms with van der Waals surface area (Å²) in [6.45, 7) is 2.48. The number of hydrogen-bond acceptors (Lipinski definition) is 2. The fraction of sp³-hybridized carbons (Fsp3) is 0.222. The van der Waals surface area contributed by atoms with Crippen LogP contribution in [-0.4, -0.2) is 24.5 Å². The van der Waals surface area contributed by atoms with Gasteiger partial charge >= 0.3 is 6.03 Å². The minimum atomic E-state index is -0.522. The molecule has 0 bridgehead atoms. The zero-order valence-electron chi connectivity index (χ0n) is 13.3. The van der Waals surface area contributed by atoms with Gasteiger partial charge in [0.05, 0.1) is 0 Å². The van der Waals surface area contributed by atoms with Crippen LogP contribution in [0, 0.1) is 6.92 Å². The Balaban J connectivity index is 1.61. The van der Waals surface area contributed by atoms with Gasteiger partial charge in [0.25, 0.3) is 0 Å². The van der Waals surface area contributed by atoms with Crippen LogP contribution in [0.25, 0.3) is 0 Å². The van der Waals surface area contributed by atoms with Crippen LogP contribution in [0.1, 0.15) is 12.0 Å². The highest BCUT2D eigenvalue weighted by Gasteiger charge is 2.33. The molecule has 1 saturated heterocycles. The number of halogens is 1. The number of anilines is 2. The molecule has 124 valence electrons. The van der Waals surface area contributed by atoms with Crippen molar-refractivity contribution in [2.24, 2.45) is 0 Å². The molecule has 3 amide bonds. The molecule has 2 N–H and O–H groups in total. The normalized spacial score (nSPS) is 17.0. The number of para-hydroxylation sites is 1. The summed E-state index contributed by atoms with van der Waals surface area (Å²) in [5, 5.41) is 6.02. The van der Waals surface area contributed by atoms with E-state index in [4.69, 9.17) is 11.6 Å². The van der Waals surface area contributed by atoms with Crippen LogP contribution in [0.4, 0.5) is 16.2 Å². The zero-order valence-corrected chi connectivity index (χ0v) is 14.0. The molecule has 1 fully saturated rings. The number of carbonyl (C=O) groups is 2. The standard InChI is InChI=1S/C18H18ClN3O2/c1-12-7-8-13(11-15(12)19)20-18(24)21-16-9-10-22(17(16)23)14-5-3-2-4-6-14/h2-8,11,16H,9-10H2,1H3,(H2,20,21,24)/t16-/m0/s1. The summed E-state index contributed by atoms with van der Waals surface area (Å²) in [5.74, 6) is -0.0988. The SMILES string of the molecule is Cc1ccc(NC(=O)N[C@H]2CCN(c3ccccc3)C2=O)cc1Cl. The number of amides is 3. The number of aryl methyl sites for hydroxylation is 1. The van der Waals surface area contributed by atoms with E-state index in [-0.39, 0.29) is 5.91 Å². The highest BCUT2D eigenvalue weighted by atomic mass is 35.5. The highest BCUT2D eigenvalue weighted by molar-refractivity contribution is 6.31. The van der Waals surface area contributed by atoms with Crippen LogP contribution < -0.4 is 15.5 Å². The van der Waals surface area contributed by atoms with Gasteiger partial charge in [0.15, 0.2) is 0 Å². The van der Waals surface area contributed by atoms with Crippen molar-refractivity contribution in [3.05, 3.63) is 59.1 Å². The Hall–Kier alpha value is -2.53. The van der Waals surface area contributed by atoms with Crippen molar-refractivity contribution in [3.63, 3.8) is 0 Å². The topological polar surface area (TPSA) is 61.4 Å². The molecule has 6 heteroatoms. The van der Waals surface area contributed by atoms with Crippen LogP contribution in [0.2, 0.25) is 5.02 Å². The summed E-state index contributed by atoms with van der Waals surface area (Å²) in [6, 6.07) is 13.8. The fourth-order valence-corrected chi connectivity index (χ4v) is 2.85. The first-order valence-electron chi connectivity index (χ1n) is 7.74. The highest BCUT2D eigenvalue weighted by Crippen LogP contribution is 2.22. The molecule has 1 aliphatic heterocycles. The molecular formula is C18H18ClN3O2. The predicted molar refractivity (Wildman–Crippen MR) is 95.5 cm³/mol. The van der Waals surface area contributed by atoms with Crippen molar-refractivity contribution in [2.75, 3.05) is 16.8 Å². The maximum absolute atomic E-state index is 12.5. The Kier molecular flexibility index (Phi) is 4.71. The second-order valence-electron chi connectivity index (χ2n) is 5.73. The monoisotopic (exact) mass is 343 g/mol. The van der Waals surface area contributed by atoms with E-state index in [9.17, 15) is 9.59 Å². The first-order chi connectivity index (χ1) is 11.5. The van der Waals surface area contributed by atoms with Crippen LogP contribution in [0.3, 0.4) is 0 Å². The van der Waals surface area contributed by atoms with Gasteiger partial charge in [-0.25, -0.2) is 4.79 Å². The Bertz CT molecular complexity index is 764. The second-order valence-corrected chi connectivity index (χ2v) is 6.14. The first kappa shape index (κ1) is 16.3. The maximum atomic E-state index is 12.5. The van der Waals surface area contributed by atoms with Gasteiger partial charge in [0, 0.05) is 22.9 Å². The van der Waals surface area contributed by atoms with Gasteiger partial charge in [-0.15, -0.1) is 0 Å². The molecule has 0 saturated carbocycles. The lowest BCUT2D eigenvalue weighted by Crippen LogP contribution is -2.43. The van der Waals surface area contributed by atoms with Gasteiger partial charge in [0.1, 0.15) is 6.04 Å². The Morgan fingerprint density at radius 3 is 2.67 bits per heavy atom. The van der Waals surface area contributed by atoms with E-state index in [1.54, 1.807) is 17.0 Å². The largest absolute Gasteiger partial charge is 0.326 e. The van der Waals surface area contributed by atoms with Gasteiger partial charge < -0.3 is 15.5 Å². The van der Waals surface area contributed by atoms with Crippen molar-refractivity contribution < 1.29 is 9.59 Å². The van der Waals surface area contributed by atoms with E-state index in [1.807, 2.05) is 43.3 Å². The van der Waals surface area contributed by atoms with Gasteiger partial charge in [-0.2, -0.15) is 0 Å². The summed E-state index contributed by atoms with van der Waals surface area (Å²) >= 11 is 6.05. The van der Waals surface area contributed by atoms with Crippen LogP contribution in [-0.2, 0) is 4.79 Å². The molecule has 1 atom stereocenters.